The van der Waals surface area contributed by atoms with E-state index in [2.05, 4.69) is 104 Å². The number of likely N-dealkylation sites (N-methyl/N-ethyl adjacent to an activating group) is 1. The van der Waals surface area contributed by atoms with Crippen LogP contribution in [-0.4, -0.2) is 73.4 Å². The van der Waals surface area contributed by atoms with Crippen LogP contribution in [0.3, 0.4) is 0 Å². The molecule has 0 radical (unpaired) electrons. The fourth-order valence-corrected chi connectivity index (χ4v) is 9.78. The van der Waals surface area contributed by atoms with Gasteiger partial charge in [0, 0.05) is 6.42 Å². The molecule has 0 aliphatic carbocycles. The molecule has 0 bridgehead atoms. The Morgan fingerprint density at radius 1 is 0.455 bits per heavy atom. The molecular formula is C68H124N2O6P+. The number of carbonyl (C=O) groups is 1. The summed E-state index contributed by atoms with van der Waals surface area (Å²) in [5, 5.41) is 14.0. The number of rotatable bonds is 58. The van der Waals surface area contributed by atoms with Crippen LogP contribution in [-0.2, 0) is 18.4 Å². The van der Waals surface area contributed by atoms with Crippen LogP contribution < -0.4 is 5.32 Å². The standard InChI is InChI=1S/C68H123N2O6P/c1-6-8-10-12-14-16-18-20-22-24-26-28-30-32-34-36-37-39-41-43-45-47-49-51-53-55-57-59-61-67(71)66(65-76-77(73,74)75-64-63-70(3,4)5)69-68(72)62-60-58-56-54-52-50-48-46-44-42-40-38-35-33-31-29-27-25-23-21-19-17-15-13-11-9-7-2/h9,11,15,17,21,23,27,29,33,35,43,45,51,53,59,61,66-67,71H,6-8,10,12-14,16,18-20,22,24-26,28,30-32,34,36-42,44,46-50,52,54-58,60,62-65H2,1-5H3,(H-,69,72,73,74)/p+1/b11-9-,17-15-,23-21-,29-27-,35-33-,45-43+,53-51+,61-59+. The molecule has 0 aliphatic heterocycles. The molecule has 3 atom stereocenters. The molecule has 8 nitrogen and oxygen atoms in total. The zero-order valence-electron chi connectivity index (χ0n) is 50.9. The Kier molecular flexibility index (Phi) is 56.1. The van der Waals surface area contributed by atoms with Crippen LogP contribution in [0.4, 0.5) is 0 Å². The minimum absolute atomic E-state index is 0.0488. The first-order valence-corrected chi connectivity index (χ1v) is 33.6. The third kappa shape index (κ3) is 60.9. The molecular weight excluding hydrogens is 972 g/mol. The van der Waals surface area contributed by atoms with Gasteiger partial charge in [-0.25, -0.2) is 4.57 Å². The number of nitrogens with zero attached hydrogens (tertiary/aromatic N) is 1. The molecule has 9 heteroatoms. The second-order valence-corrected chi connectivity index (χ2v) is 24.2. The third-order valence-electron chi connectivity index (χ3n) is 14.0. The Morgan fingerprint density at radius 3 is 1.19 bits per heavy atom. The highest BCUT2D eigenvalue weighted by Crippen LogP contribution is 2.43. The number of amides is 1. The summed E-state index contributed by atoms with van der Waals surface area (Å²) in [5.74, 6) is -0.196. The number of aliphatic hydroxyl groups excluding tert-OH is 1. The van der Waals surface area contributed by atoms with Crippen molar-refractivity contribution in [2.24, 2.45) is 0 Å². The summed E-state index contributed by atoms with van der Waals surface area (Å²) in [7, 11) is 1.54. The molecule has 0 aromatic rings. The Bertz CT molecular complexity index is 1570. The highest BCUT2D eigenvalue weighted by atomic mass is 31.2. The molecule has 0 spiro atoms. The van der Waals surface area contributed by atoms with Crippen molar-refractivity contribution in [2.45, 2.75) is 289 Å². The summed E-state index contributed by atoms with van der Waals surface area (Å²) in [5.41, 5.74) is 0. The quantitative estimate of drug-likeness (QED) is 0.0243. The fraction of sp³-hybridized carbons (Fsp3) is 0.750. The molecule has 446 valence electrons. The summed E-state index contributed by atoms with van der Waals surface area (Å²) in [6, 6.07) is -0.879. The van der Waals surface area contributed by atoms with Gasteiger partial charge in [-0.3, -0.25) is 13.8 Å². The van der Waals surface area contributed by atoms with Gasteiger partial charge < -0.3 is 19.8 Å². The smallest absolute Gasteiger partial charge is 0.387 e. The summed E-state index contributed by atoms with van der Waals surface area (Å²) < 4.78 is 23.7. The minimum atomic E-state index is -4.37. The Morgan fingerprint density at radius 2 is 0.792 bits per heavy atom. The van der Waals surface area contributed by atoms with E-state index in [1.807, 2.05) is 27.2 Å². The van der Waals surface area contributed by atoms with E-state index in [1.165, 1.54) is 180 Å². The highest BCUT2D eigenvalue weighted by molar-refractivity contribution is 7.47. The van der Waals surface area contributed by atoms with Gasteiger partial charge in [0.05, 0.1) is 39.9 Å². The van der Waals surface area contributed by atoms with E-state index in [-0.39, 0.29) is 19.1 Å². The van der Waals surface area contributed by atoms with Crippen molar-refractivity contribution in [3.8, 4) is 0 Å². The predicted molar refractivity (Wildman–Crippen MR) is 336 cm³/mol. The molecule has 0 saturated heterocycles. The Balaban J connectivity index is 4.23. The van der Waals surface area contributed by atoms with E-state index in [0.717, 1.165) is 77.0 Å². The molecule has 0 aliphatic rings. The van der Waals surface area contributed by atoms with Gasteiger partial charge in [-0.2, -0.15) is 0 Å². The molecule has 3 unspecified atom stereocenters. The lowest BCUT2D eigenvalue weighted by atomic mass is 10.0. The summed E-state index contributed by atoms with van der Waals surface area (Å²) in [4.78, 5) is 23.4. The monoisotopic (exact) mass is 1100 g/mol. The molecule has 0 rings (SSSR count). The average molecular weight is 1100 g/mol. The Labute approximate surface area is 477 Å². The lowest BCUT2D eigenvalue weighted by Gasteiger charge is -2.25. The second-order valence-electron chi connectivity index (χ2n) is 22.7. The van der Waals surface area contributed by atoms with Crippen molar-refractivity contribution in [3.63, 3.8) is 0 Å². The summed E-state index contributed by atoms with van der Waals surface area (Å²) >= 11 is 0. The number of allylic oxidation sites excluding steroid dienone is 15. The van der Waals surface area contributed by atoms with E-state index in [9.17, 15) is 19.4 Å². The number of phosphoric ester groups is 1. The number of carbonyl (C=O) groups excluding carboxylic acids is 1. The van der Waals surface area contributed by atoms with Crippen LogP contribution in [0.15, 0.2) is 97.2 Å². The van der Waals surface area contributed by atoms with Gasteiger partial charge in [0.15, 0.2) is 0 Å². The van der Waals surface area contributed by atoms with E-state index in [4.69, 9.17) is 9.05 Å². The zero-order chi connectivity index (χ0) is 56.3. The van der Waals surface area contributed by atoms with E-state index < -0.39 is 20.0 Å². The maximum absolute atomic E-state index is 13.0. The van der Waals surface area contributed by atoms with Gasteiger partial charge in [0.25, 0.3) is 0 Å². The van der Waals surface area contributed by atoms with Gasteiger partial charge in [-0.15, -0.1) is 0 Å². The zero-order valence-corrected chi connectivity index (χ0v) is 51.8. The number of hydrogen-bond acceptors (Lipinski definition) is 5. The topological polar surface area (TPSA) is 105 Å². The van der Waals surface area contributed by atoms with Gasteiger partial charge in [-0.05, 0) is 89.9 Å². The van der Waals surface area contributed by atoms with Crippen molar-refractivity contribution >= 4 is 13.7 Å². The SMILES string of the molecule is CC/C=C\C/C=C\C/C=C\C/C=C\C/C=C\CCCCCCCCCCCCCC(=O)NC(COP(=O)(O)OCC[N+](C)(C)C)C(O)/C=C/CC/C=C/CC/C=C/CCCCCCCCCCCCCCCCCCCC. The van der Waals surface area contributed by atoms with Crippen molar-refractivity contribution in [1.29, 1.82) is 0 Å². The second kappa shape index (κ2) is 58.1. The first kappa shape index (κ1) is 74.4. The van der Waals surface area contributed by atoms with Crippen molar-refractivity contribution in [1.82, 2.24) is 5.32 Å². The van der Waals surface area contributed by atoms with Crippen LogP contribution in [0, 0.1) is 0 Å². The van der Waals surface area contributed by atoms with Gasteiger partial charge in [0.2, 0.25) is 5.91 Å². The van der Waals surface area contributed by atoms with Crippen LogP contribution >= 0.6 is 7.82 Å². The normalized spacial score (nSPS) is 14.4. The molecule has 1 amide bonds. The van der Waals surface area contributed by atoms with E-state index >= 15 is 0 Å². The van der Waals surface area contributed by atoms with Gasteiger partial charge in [-0.1, -0.05) is 278 Å². The van der Waals surface area contributed by atoms with E-state index in [1.54, 1.807) is 6.08 Å². The minimum Gasteiger partial charge on any atom is -0.387 e. The first-order valence-electron chi connectivity index (χ1n) is 32.1. The maximum atomic E-state index is 13.0. The van der Waals surface area contributed by atoms with Crippen molar-refractivity contribution in [3.05, 3.63) is 97.2 Å². The van der Waals surface area contributed by atoms with E-state index in [0.29, 0.717) is 17.4 Å². The van der Waals surface area contributed by atoms with Crippen LogP contribution in [0.1, 0.15) is 277 Å². The summed E-state index contributed by atoms with van der Waals surface area (Å²) in [6.45, 7) is 4.69. The van der Waals surface area contributed by atoms with Crippen LogP contribution in [0.5, 0.6) is 0 Å². The molecule has 0 aromatic heterocycles. The number of phosphoric acid groups is 1. The van der Waals surface area contributed by atoms with Crippen molar-refractivity contribution in [2.75, 3.05) is 40.9 Å². The number of hydrogen-bond donors (Lipinski definition) is 3. The number of aliphatic hydroxyl groups is 1. The highest BCUT2D eigenvalue weighted by Gasteiger charge is 2.27. The van der Waals surface area contributed by atoms with Crippen LogP contribution in [0.2, 0.25) is 0 Å². The number of nitrogens with one attached hydrogen (secondary N) is 1. The molecule has 0 aromatic carbocycles. The molecule has 77 heavy (non-hydrogen) atoms. The predicted octanol–water partition coefficient (Wildman–Crippen LogP) is 20.2. The molecule has 0 heterocycles. The molecule has 0 fully saturated rings. The van der Waals surface area contributed by atoms with Gasteiger partial charge in [0.1, 0.15) is 13.2 Å². The summed E-state index contributed by atoms with van der Waals surface area (Å²) in [6.07, 6.45) is 83.9. The van der Waals surface area contributed by atoms with Gasteiger partial charge >= 0.3 is 7.82 Å². The average Bonchev–Trinajstić information content (AvgIpc) is 3.39. The lowest BCUT2D eigenvalue weighted by molar-refractivity contribution is -0.870. The first-order chi connectivity index (χ1) is 37.5. The maximum Gasteiger partial charge on any atom is 0.472 e. The fourth-order valence-electron chi connectivity index (χ4n) is 9.04. The largest absolute Gasteiger partial charge is 0.472 e. The number of quaternary nitrogens is 1. The molecule has 3 N–H and O–H groups in total. The Hall–Kier alpha value is -2.58. The lowest BCUT2D eigenvalue weighted by Crippen LogP contribution is -2.45. The third-order valence-corrected chi connectivity index (χ3v) is 15.0. The van der Waals surface area contributed by atoms with Crippen LogP contribution in [0.25, 0.3) is 0 Å². The number of unbranched alkanes of at least 4 members (excludes halogenated alkanes) is 31. The molecule has 0 saturated carbocycles. The van der Waals surface area contributed by atoms with Crippen molar-refractivity contribution < 1.29 is 32.9 Å².